The molecule has 0 atom stereocenters. The van der Waals surface area contributed by atoms with Crippen LogP contribution >= 0.6 is 11.3 Å². The highest BCUT2D eigenvalue weighted by atomic mass is 32.1. The van der Waals surface area contributed by atoms with E-state index in [-0.39, 0.29) is 6.61 Å². The predicted octanol–water partition coefficient (Wildman–Crippen LogP) is 2.92. The Hall–Kier alpha value is -1.52. The Labute approximate surface area is 98.1 Å². The summed E-state index contributed by atoms with van der Waals surface area (Å²) >= 11 is 1.49. The fourth-order valence-electron chi connectivity index (χ4n) is 1.40. The van der Waals surface area contributed by atoms with Crippen molar-refractivity contribution >= 4 is 17.0 Å². The summed E-state index contributed by atoms with van der Waals surface area (Å²) in [5.41, 5.74) is 8.33. The standard InChI is InChI=1S/C12H13NO2S/c1-8-2-3-11(10(13)4-8)15-12-7-16-6-9(12)5-14/h2-4,6-7,14H,5,13H2,1H3. The maximum atomic E-state index is 9.09. The molecule has 4 heteroatoms. The van der Waals surface area contributed by atoms with Crippen LogP contribution in [0.1, 0.15) is 11.1 Å². The van der Waals surface area contributed by atoms with Gasteiger partial charge in [-0.3, -0.25) is 0 Å². The van der Waals surface area contributed by atoms with E-state index in [4.69, 9.17) is 15.6 Å². The summed E-state index contributed by atoms with van der Waals surface area (Å²) in [4.78, 5) is 0. The third-order valence-electron chi connectivity index (χ3n) is 2.26. The molecule has 2 aromatic rings. The smallest absolute Gasteiger partial charge is 0.150 e. The first kappa shape index (κ1) is 11.0. The number of ether oxygens (including phenoxy) is 1. The van der Waals surface area contributed by atoms with E-state index in [2.05, 4.69) is 0 Å². The second-order valence-corrected chi connectivity index (χ2v) is 4.31. The first-order valence-electron chi connectivity index (χ1n) is 4.90. The van der Waals surface area contributed by atoms with Crippen molar-refractivity contribution in [3.8, 4) is 11.5 Å². The molecule has 2 rings (SSSR count). The van der Waals surface area contributed by atoms with E-state index in [1.807, 2.05) is 35.9 Å². The van der Waals surface area contributed by atoms with E-state index < -0.39 is 0 Å². The Bertz CT molecular complexity index is 494. The van der Waals surface area contributed by atoms with Crippen molar-refractivity contribution in [2.45, 2.75) is 13.5 Å². The van der Waals surface area contributed by atoms with Gasteiger partial charge in [0.1, 0.15) is 11.5 Å². The van der Waals surface area contributed by atoms with Gasteiger partial charge in [0.05, 0.1) is 12.3 Å². The molecular weight excluding hydrogens is 222 g/mol. The van der Waals surface area contributed by atoms with Gasteiger partial charge in [0, 0.05) is 16.3 Å². The summed E-state index contributed by atoms with van der Waals surface area (Å²) < 4.78 is 5.65. The lowest BCUT2D eigenvalue weighted by molar-refractivity contribution is 0.277. The SMILES string of the molecule is Cc1ccc(Oc2cscc2CO)c(N)c1. The van der Waals surface area contributed by atoms with Crippen molar-refractivity contribution in [2.75, 3.05) is 5.73 Å². The molecule has 0 saturated carbocycles. The second kappa shape index (κ2) is 4.55. The molecule has 0 aliphatic rings. The van der Waals surface area contributed by atoms with Crippen LogP contribution in [0.3, 0.4) is 0 Å². The van der Waals surface area contributed by atoms with Crippen LogP contribution in [0.25, 0.3) is 0 Å². The molecule has 0 aliphatic carbocycles. The average Bonchev–Trinajstić information content (AvgIpc) is 2.69. The van der Waals surface area contributed by atoms with Crippen LogP contribution in [-0.4, -0.2) is 5.11 Å². The number of aryl methyl sites for hydroxylation is 1. The van der Waals surface area contributed by atoms with Crippen molar-refractivity contribution in [2.24, 2.45) is 0 Å². The number of rotatable bonds is 3. The number of nitrogens with two attached hydrogens (primary N) is 1. The van der Waals surface area contributed by atoms with E-state index in [1.165, 1.54) is 11.3 Å². The molecular formula is C12H13NO2S. The Kier molecular flexibility index (Phi) is 3.12. The second-order valence-electron chi connectivity index (χ2n) is 3.56. The van der Waals surface area contributed by atoms with Crippen LogP contribution in [0.15, 0.2) is 29.0 Å². The summed E-state index contributed by atoms with van der Waals surface area (Å²) in [6.07, 6.45) is 0. The van der Waals surface area contributed by atoms with E-state index in [1.54, 1.807) is 0 Å². The minimum atomic E-state index is -0.0232. The van der Waals surface area contributed by atoms with Crippen LogP contribution < -0.4 is 10.5 Å². The number of nitrogen functional groups attached to an aromatic ring is 1. The lowest BCUT2D eigenvalue weighted by atomic mass is 10.2. The Balaban J connectivity index is 2.27. The van der Waals surface area contributed by atoms with Crippen molar-refractivity contribution in [3.05, 3.63) is 40.1 Å². The van der Waals surface area contributed by atoms with Gasteiger partial charge in [0.15, 0.2) is 0 Å². The van der Waals surface area contributed by atoms with Crippen molar-refractivity contribution in [3.63, 3.8) is 0 Å². The van der Waals surface area contributed by atoms with Gasteiger partial charge in [0.2, 0.25) is 0 Å². The first-order chi connectivity index (χ1) is 7.70. The third kappa shape index (κ3) is 2.18. The highest BCUT2D eigenvalue weighted by Crippen LogP contribution is 2.32. The van der Waals surface area contributed by atoms with E-state index in [0.29, 0.717) is 17.2 Å². The van der Waals surface area contributed by atoms with Gasteiger partial charge in [-0.05, 0) is 24.6 Å². The van der Waals surface area contributed by atoms with Crippen molar-refractivity contribution in [1.29, 1.82) is 0 Å². The van der Waals surface area contributed by atoms with Crippen LogP contribution in [0.2, 0.25) is 0 Å². The Morgan fingerprint density at radius 2 is 2.12 bits per heavy atom. The average molecular weight is 235 g/mol. The van der Waals surface area contributed by atoms with Gasteiger partial charge in [-0.2, -0.15) is 0 Å². The summed E-state index contributed by atoms with van der Waals surface area (Å²) in [5.74, 6) is 1.29. The zero-order valence-electron chi connectivity index (χ0n) is 8.93. The number of aliphatic hydroxyl groups excluding tert-OH is 1. The van der Waals surface area contributed by atoms with Gasteiger partial charge in [-0.1, -0.05) is 6.07 Å². The van der Waals surface area contributed by atoms with Crippen molar-refractivity contribution < 1.29 is 9.84 Å². The molecule has 0 spiro atoms. The van der Waals surface area contributed by atoms with Gasteiger partial charge in [-0.25, -0.2) is 0 Å². The maximum absolute atomic E-state index is 9.09. The van der Waals surface area contributed by atoms with Crippen LogP contribution in [0, 0.1) is 6.92 Å². The maximum Gasteiger partial charge on any atom is 0.150 e. The predicted molar refractivity (Wildman–Crippen MR) is 65.9 cm³/mol. The van der Waals surface area contributed by atoms with Crippen LogP contribution in [0.4, 0.5) is 5.69 Å². The summed E-state index contributed by atoms with van der Waals surface area (Å²) in [6, 6.07) is 5.64. The number of benzene rings is 1. The van der Waals surface area contributed by atoms with E-state index in [0.717, 1.165) is 11.1 Å². The topological polar surface area (TPSA) is 55.5 Å². The molecule has 0 fully saturated rings. The lowest BCUT2D eigenvalue weighted by Gasteiger charge is -2.08. The Morgan fingerprint density at radius 1 is 1.31 bits per heavy atom. The fourth-order valence-corrected chi connectivity index (χ4v) is 2.14. The molecule has 3 N–H and O–H groups in total. The molecule has 16 heavy (non-hydrogen) atoms. The van der Waals surface area contributed by atoms with Gasteiger partial charge >= 0.3 is 0 Å². The molecule has 0 bridgehead atoms. The largest absolute Gasteiger partial charge is 0.454 e. The normalized spacial score (nSPS) is 10.4. The number of anilines is 1. The van der Waals surface area contributed by atoms with Crippen molar-refractivity contribution in [1.82, 2.24) is 0 Å². The highest BCUT2D eigenvalue weighted by Gasteiger charge is 2.07. The molecule has 84 valence electrons. The first-order valence-corrected chi connectivity index (χ1v) is 5.85. The molecule has 0 amide bonds. The third-order valence-corrected chi connectivity index (χ3v) is 3.03. The molecule has 1 aromatic heterocycles. The summed E-state index contributed by atoms with van der Waals surface area (Å²) in [6.45, 7) is 1.95. The summed E-state index contributed by atoms with van der Waals surface area (Å²) in [7, 11) is 0. The highest BCUT2D eigenvalue weighted by molar-refractivity contribution is 7.08. The minimum absolute atomic E-state index is 0.0232. The monoisotopic (exact) mass is 235 g/mol. The quantitative estimate of drug-likeness (QED) is 0.804. The molecule has 1 heterocycles. The summed E-state index contributed by atoms with van der Waals surface area (Å²) in [5, 5.41) is 12.8. The molecule has 1 aromatic carbocycles. The number of hydrogen-bond donors (Lipinski definition) is 2. The van der Waals surface area contributed by atoms with E-state index in [9.17, 15) is 0 Å². The lowest BCUT2D eigenvalue weighted by Crippen LogP contribution is -1.93. The number of thiophene rings is 1. The zero-order valence-corrected chi connectivity index (χ0v) is 9.75. The number of aliphatic hydroxyl groups is 1. The van der Waals surface area contributed by atoms with Crippen LogP contribution in [-0.2, 0) is 6.61 Å². The minimum Gasteiger partial charge on any atom is -0.454 e. The van der Waals surface area contributed by atoms with Gasteiger partial charge < -0.3 is 15.6 Å². The molecule has 0 saturated heterocycles. The van der Waals surface area contributed by atoms with Crippen LogP contribution in [0.5, 0.6) is 11.5 Å². The molecule has 0 unspecified atom stereocenters. The van der Waals surface area contributed by atoms with E-state index >= 15 is 0 Å². The zero-order chi connectivity index (χ0) is 11.5. The Morgan fingerprint density at radius 3 is 2.81 bits per heavy atom. The molecule has 3 nitrogen and oxygen atoms in total. The molecule has 0 radical (unpaired) electrons. The number of hydrogen-bond acceptors (Lipinski definition) is 4. The fraction of sp³-hybridized carbons (Fsp3) is 0.167. The van der Waals surface area contributed by atoms with Gasteiger partial charge in [-0.15, -0.1) is 11.3 Å². The molecule has 0 aliphatic heterocycles. The van der Waals surface area contributed by atoms with Gasteiger partial charge in [0.25, 0.3) is 0 Å².